The highest BCUT2D eigenvalue weighted by molar-refractivity contribution is 7.90. The molecule has 0 atom stereocenters. The number of hydrogen-bond donors (Lipinski definition) is 2. The van der Waals surface area contributed by atoms with Crippen molar-refractivity contribution >= 4 is 33.6 Å². The first-order valence-corrected chi connectivity index (χ1v) is 8.53. The van der Waals surface area contributed by atoms with Crippen LogP contribution in [-0.4, -0.2) is 20.2 Å². The molecule has 0 saturated heterocycles. The predicted octanol–water partition coefficient (Wildman–Crippen LogP) is 2.16. The monoisotopic (exact) mass is 344 g/mol. The molecule has 0 radical (unpaired) electrons. The van der Waals surface area contributed by atoms with Crippen molar-refractivity contribution in [3.8, 4) is 0 Å². The van der Waals surface area contributed by atoms with E-state index in [1.807, 2.05) is 35.1 Å². The fourth-order valence-electron chi connectivity index (χ4n) is 1.89. The Morgan fingerprint density at radius 2 is 1.58 bits per heavy atom. The number of carbonyl (C=O) groups excluding carboxylic acids is 2. The van der Waals surface area contributed by atoms with Crippen LogP contribution in [0.4, 0.5) is 5.69 Å². The van der Waals surface area contributed by atoms with Crippen LogP contribution in [0, 0.1) is 0 Å². The maximum absolute atomic E-state index is 11.8. The third-order valence-electron chi connectivity index (χ3n) is 2.94. The number of hydrogen-bond acceptors (Lipinski definition) is 4. The summed E-state index contributed by atoms with van der Waals surface area (Å²) in [6, 6.07) is 14.9. The molecule has 0 aliphatic heterocycles. The number of benzene rings is 2. The van der Waals surface area contributed by atoms with Crippen LogP contribution in [0.5, 0.6) is 0 Å². The predicted molar refractivity (Wildman–Crippen MR) is 91.6 cm³/mol. The lowest BCUT2D eigenvalue weighted by Crippen LogP contribution is -2.28. The van der Waals surface area contributed by atoms with Gasteiger partial charge in [-0.05, 0) is 35.9 Å². The average Bonchev–Trinajstić information content (AvgIpc) is 2.53. The minimum Gasteiger partial charge on any atom is -0.323 e. The van der Waals surface area contributed by atoms with Crippen LogP contribution in [0.3, 0.4) is 0 Å². The summed E-state index contributed by atoms with van der Waals surface area (Å²) in [5.41, 5.74) is 1.34. The molecule has 124 valence electrons. The molecule has 0 heterocycles. The summed E-state index contributed by atoms with van der Waals surface area (Å²) < 4.78 is 25.5. The van der Waals surface area contributed by atoms with Gasteiger partial charge in [-0.1, -0.05) is 30.3 Å². The number of sulfonamides is 1. The second-order valence-electron chi connectivity index (χ2n) is 4.92. The van der Waals surface area contributed by atoms with Gasteiger partial charge >= 0.3 is 0 Å². The van der Waals surface area contributed by atoms with Gasteiger partial charge in [0, 0.05) is 18.7 Å². The van der Waals surface area contributed by atoms with Gasteiger partial charge in [-0.15, -0.1) is 0 Å². The third kappa shape index (κ3) is 5.06. The lowest BCUT2D eigenvalue weighted by atomic mass is 10.2. The highest BCUT2D eigenvalue weighted by atomic mass is 32.2. The highest BCUT2D eigenvalue weighted by Crippen LogP contribution is 2.14. The average molecular weight is 344 g/mol. The van der Waals surface area contributed by atoms with E-state index in [1.54, 1.807) is 6.08 Å². The molecule has 2 rings (SSSR count). The molecule has 0 aliphatic carbocycles. The summed E-state index contributed by atoms with van der Waals surface area (Å²) in [5.74, 6) is -1.00. The topological polar surface area (TPSA) is 92.3 Å². The molecule has 0 aromatic heterocycles. The molecule has 0 aliphatic rings. The maximum Gasteiger partial charge on any atom is 0.264 e. The van der Waals surface area contributed by atoms with Gasteiger partial charge in [-0.25, -0.2) is 13.1 Å². The van der Waals surface area contributed by atoms with Crippen molar-refractivity contribution in [2.45, 2.75) is 11.8 Å². The van der Waals surface area contributed by atoms with Crippen molar-refractivity contribution in [3.05, 3.63) is 66.2 Å². The Morgan fingerprint density at radius 3 is 2.17 bits per heavy atom. The van der Waals surface area contributed by atoms with Gasteiger partial charge < -0.3 is 5.32 Å². The van der Waals surface area contributed by atoms with E-state index in [-0.39, 0.29) is 10.8 Å². The summed E-state index contributed by atoms with van der Waals surface area (Å²) in [4.78, 5) is 22.7. The Bertz CT molecular complexity index is 857. The van der Waals surface area contributed by atoms with E-state index in [4.69, 9.17) is 0 Å². The van der Waals surface area contributed by atoms with Crippen LogP contribution in [0.1, 0.15) is 12.5 Å². The molecular formula is C17H16N2O4S. The van der Waals surface area contributed by atoms with Crippen LogP contribution in [-0.2, 0) is 19.6 Å². The van der Waals surface area contributed by atoms with Gasteiger partial charge in [0.1, 0.15) is 0 Å². The lowest BCUT2D eigenvalue weighted by molar-refractivity contribution is -0.117. The van der Waals surface area contributed by atoms with E-state index in [2.05, 4.69) is 5.32 Å². The van der Waals surface area contributed by atoms with E-state index >= 15 is 0 Å². The first-order chi connectivity index (χ1) is 11.4. The zero-order valence-electron chi connectivity index (χ0n) is 12.9. The SMILES string of the molecule is CC(=O)NS(=O)(=O)c1ccc(NC(=O)C=Cc2ccccc2)cc1. The van der Waals surface area contributed by atoms with E-state index in [1.165, 1.54) is 30.3 Å². The van der Waals surface area contributed by atoms with E-state index in [9.17, 15) is 18.0 Å². The second-order valence-corrected chi connectivity index (χ2v) is 6.60. The summed E-state index contributed by atoms with van der Waals surface area (Å²) in [7, 11) is -3.88. The Hall–Kier alpha value is -2.93. The zero-order chi connectivity index (χ0) is 17.6. The summed E-state index contributed by atoms with van der Waals surface area (Å²) in [6.07, 6.45) is 3.06. The zero-order valence-corrected chi connectivity index (χ0v) is 13.7. The van der Waals surface area contributed by atoms with Gasteiger partial charge in [-0.3, -0.25) is 9.59 Å². The number of anilines is 1. The fraction of sp³-hybridized carbons (Fsp3) is 0.0588. The normalized spacial score (nSPS) is 11.2. The Kier molecular flexibility index (Phi) is 5.49. The van der Waals surface area contributed by atoms with Crippen molar-refractivity contribution in [3.63, 3.8) is 0 Å². The van der Waals surface area contributed by atoms with Crippen LogP contribution in [0.2, 0.25) is 0 Å². The van der Waals surface area contributed by atoms with E-state index < -0.39 is 15.9 Å². The minimum absolute atomic E-state index is 0.0597. The van der Waals surface area contributed by atoms with Crippen LogP contribution in [0.25, 0.3) is 6.08 Å². The van der Waals surface area contributed by atoms with Crippen molar-refractivity contribution in [2.75, 3.05) is 5.32 Å². The Balaban J connectivity index is 2.02. The summed E-state index contributed by atoms with van der Waals surface area (Å²) >= 11 is 0. The minimum atomic E-state index is -3.88. The molecule has 0 unspecified atom stereocenters. The first kappa shape index (κ1) is 17.4. The van der Waals surface area contributed by atoms with Crippen LogP contribution < -0.4 is 10.0 Å². The van der Waals surface area contributed by atoms with Gasteiger partial charge in [0.2, 0.25) is 11.8 Å². The van der Waals surface area contributed by atoms with E-state index in [0.29, 0.717) is 5.69 Å². The number of carbonyl (C=O) groups is 2. The van der Waals surface area contributed by atoms with Gasteiger partial charge in [-0.2, -0.15) is 0 Å². The number of nitrogens with one attached hydrogen (secondary N) is 2. The maximum atomic E-state index is 11.8. The molecule has 24 heavy (non-hydrogen) atoms. The van der Waals surface area contributed by atoms with Crippen molar-refractivity contribution < 1.29 is 18.0 Å². The van der Waals surface area contributed by atoms with E-state index in [0.717, 1.165) is 12.5 Å². The molecule has 2 amide bonds. The van der Waals surface area contributed by atoms with Gasteiger partial charge in [0.25, 0.3) is 10.0 Å². The fourth-order valence-corrected chi connectivity index (χ4v) is 2.88. The molecule has 2 aromatic carbocycles. The lowest BCUT2D eigenvalue weighted by Gasteiger charge is -2.06. The van der Waals surface area contributed by atoms with Gasteiger partial charge in [0.15, 0.2) is 0 Å². The molecular weight excluding hydrogens is 328 g/mol. The van der Waals surface area contributed by atoms with Crippen molar-refractivity contribution in [2.24, 2.45) is 0 Å². The first-order valence-electron chi connectivity index (χ1n) is 7.04. The van der Waals surface area contributed by atoms with Crippen LogP contribution >= 0.6 is 0 Å². The number of amides is 2. The molecule has 2 aromatic rings. The highest BCUT2D eigenvalue weighted by Gasteiger charge is 2.15. The summed E-state index contributed by atoms with van der Waals surface area (Å²) in [6.45, 7) is 1.12. The van der Waals surface area contributed by atoms with Gasteiger partial charge in [0.05, 0.1) is 4.90 Å². The van der Waals surface area contributed by atoms with Crippen LogP contribution in [0.15, 0.2) is 65.6 Å². The Morgan fingerprint density at radius 1 is 0.958 bits per heavy atom. The second kappa shape index (κ2) is 7.56. The molecule has 2 N–H and O–H groups in total. The quantitative estimate of drug-likeness (QED) is 0.813. The molecule has 6 nitrogen and oxygen atoms in total. The molecule has 0 spiro atoms. The summed E-state index contributed by atoms with van der Waals surface area (Å²) in [5, 5.41) is 2.62. The molecule has 0 bridgehead atoms. The molecule has 0 saturated carbocycles. The van der Waals surface area contributed by atoms with Crippen molar-refractivity contribution in [1.29, 1.82) is 0 Å². The Labute approximate surface area is 140 Å². The third-order valence-corrected chi connectivity index (χ3v) is 4.39. The number of rotatable bonds is 5. The molecule has 0 fully saturated rings. The largest absolute Gasteiger partial charge is 0.323 e. The smallest absolute Gasteiger partial charge is 0.264 e. The standard InChI is InChI=1S/C17H16N2O4S/c1-13(20)19-24(22,23)16-10-8-15(9-11-16)18-17(21)12-7-14-5-3-2-4-6-14/h2-12H,1H3,(H,18,21)(H,19,20). The van der Waals surface area contributed by atoms with Crippen molar-refractivity contribution in [1.82, 2.24) is 4.72 Å². The molecule has 7 heteroatoms.